The van der Waals surface area contributed by atoms with Gasteiger partial charge >= 0.3 is 11.9 Å². The lowest BCUT2D eigenvalue weighted by molar-refractivity contribution is -0.154. The first-order chi connectivity index (χ1) is 16.8. The number of allylic oxidation sites excluding steroid dienone is 1. The molecular weight excluding hydrogens is 448 g/mol. The Hall–Kier alpha value is -3.52. The quantitative estimate of drug-likeness (QED) is 0.554. The maximum Gasteiger partial charge on any atom is 0.336 e. The van der Waals surface area contributed by atoms with E-state index in [1.54, 1.807) is 19.1 Å². The van der Waals surface area contributed by atoms with E-state index in [0.717, 1.165) is 5.56 Å². The molecule has 2 aromatic carbocycles. The van der Waals surface area contributed by atoms with E-state index in [-0.39, 0.29) is 6.79 Å². The second-order valence-electron chi connectivity index (χ2n) is 9.23. The molecule has 0 amide bonds. The number of carbonyl (C=O) groups is 2. The van der Waals surface area contributed by atoms with Gasteiger partial charge in [0.25, 0.3) is 0 Å². The Morgan fingerprint density at radius 3 is 2.60 bits per heavy atom. The lowest BCUT2D eigenvalue weighted by Gasteiger charge is -2.47. The molecule has 2 aliphatic heterocycles. The average Bonchev–Trinajstić information content (AvgIpc) is 3.32. The van der Waals surface area contributed by atoms with Crippen LogP contribution in [0.5, 0.6) is 11.5 Å². The van der Waals surface area contributed by atoms with Crippen molar-refractivity contribution in [3.05, 3.63) is 70.9 Å². The molecule has 0 fully saturated rings. The van der Waals surface area contributed by atoms with Gasteiger partial charge in [-0.15, -0.1) is 0 Å². The largest absolute Gasteiger partial charge is 0.481 e. The summed E-state index contributed by atoms with van der Waals surface area (Å²) >= 11 is 0. The summed E-state index contributed by atoms with van der Waals surface area (Å²) in [6.07, 6.45) is 0.294. The minimum atomic E-state index is -1.35. The van der Waals surface area contributed by atoms with E-state index in [2.05, 4.69) is 10.2 Å². The summed E-state index contributed by atoms with van der Waals surface area (Å²) in [6.45, 7) is 4.87. The lowest BCUT2D eigenvalue weighted by Crippen LogP contribution is -2.57. The highest BCUT2D eigenvalue weighted by molar-refractivity contribution is 5.94. The molecule has 3 atom stereocenters. The number of carbonyl (C=O) groups excluding carboxylic acids is 1. The number of methoxy groups -OCH3 is 1. The fraction of sp³-hybridized carbons (Fsp3) is 0.407. The molecule has 0 radical (unpaired) electrons. The summed E-state index contributed by atoms with van der Waals surface area (Å²) in [4.78, 5) is 28.4. The van der Waals surface area contributed by atoms with E-state index in [1.165, 1.54) is 7.11 Å². The molecule has 2 aromatic rings. The maximum absolute atomic E-state index is 13.2. The van der Waals surface area contributed by atoms with Gasteiger partial charge in [0.1, 0.15) is 5.41 Å². The number of ether oxygens (including phenoxy) is 3. The van der Waals surface area contributed by atoms with Gasteiger partial charge in [0.05, 0.1) is 12.7 Å². The zero-order valence-electron chi connectivity index (χ0n) is 20.5. The number of hydrogen-bond acceptors (Lipinski definition) is 7. The van der Waals surface area contributed by atoms with Crippen molar-refractivity contribution >= 4 is 11.9 Å². The van der Waals surface area contributed by atoms with E-state index in [1.807, 2.05) is 50.4 Å². The van der Waals surface area contributed by atoms with Crippen molar-refractivity contribution < 1.29 is 28.9 Å². The Morgan fingerprint density at radius 2 is 1.91 bits per heavy atom. The summed E-state index contributed by atoms with van der Waals surface area (Å²) in [6, 6.07) is 15.0. The van der Waals surface area contributed by atoms with Crippen LogP contribution in [0.4, 0.5) is 0 Å². The fourth-order valence-corrected chi connectivity index (χ4v) is 5.38. The number of nitrogens with one attached hydrogen (secondary N) is 1. The molecule has 2 heterocycles. The predicted octanol–water partition coefficient (Wildman–Crippen LogP) is 3.53. The van der Waals surface area contributed by atoms with E-state index < -0.39 is 29.3 Å². The van der Waals surface area contributed by atoms with Gasteiger partial charge in [-0.2, -0.15) is 0 Å². The monoisotopic (exact) mass is 480 g/mol. The van der Waals surface area contributed by atoms with E-state index in [0.29, 0.717) is 47.8 Å². The van der Waals surface area contributed by atoms with Crippen molar-refractivity contribution in [3.8, 4) is 11.5 Å². The summed E-state index contributed by atoms with van der Waals surface area (Å²) < 4.78 is 16.5. The normalized spacial score (nSPS) is 23.2. The molecule has 8 nitrogen and oxygen atoms in total. The number of para-hydroxylation sites is 1. The summed E-state index contributed by atoms with van der Waals surface area (Å²) in [5.41, 5.74) is 1.29. The molecule has 3 unspecified atom stereocenters. The van der Waals surface area contributed by atoms with Crippen LogP contribution in [0.15, 0.2) is 59.8 Å². The first kappa shape index (κ1) is 24.6. The van der Waals surface area contributed by atoms with Crippen LogP contribution in [0.2, 0.25) is 0 Å². The molecule has 4 rings (SSSR count). The minimum Gasteiger partial charge on any atom is -0.481 e. The molecule has 0 aliphatic carbocycles. The van der Waals surface area contributed by atoms with Gasteiger partial charge in [0.15, 0.2) is 11.5 Å². The number of aliphatic carboxylic acids is 1. The molecule has 0 saturated carbocycles. The standard InChI is InChI=1S/C27H32N2O6/c1-17-22(25(30)33-4)23(20-11-8-12-21-24(20)35-16-34-21)27(26(31)32,18(2)28-17)13-14-29(3)15-19-9-6-5-7-10-19/h5-12,18,23,28H,13-16H2,1-4H3,(H,31,32). The van der Waals surface area contributed by atoms with Crippen molar-refractivity contribution in [2.75, 3.05) is 27.5 Å². The number of carboxylic acid groups (broad SMARTS) is 1. The van der Waals surface area contributed by atoms with Crippen LogP contribution in [0.3, 0.4) is 0 Å². The van der Waals surface area contributed by atoms with Gasteiger partial charge in [0.2, 0.25) is 6.79 Å². The summed E-state index contributed by atoms with van der Waals surface area (Å²) in [5.74, 6) is -1.33. The summed E-state index contributed by atoms with van der Waals surface area (Å²) in [7, 11) is 3.28. The van der Waals surface area contributed by atoms with Crippen LogP contribution >= 0.6 is 0 Å². The molecule has 0 saturated heterocycles. The summed E-state index contributed by atoms with van der Waals surface area (Å²) in [5, 5.41) is 14.1. The van der Waals surface area contributed by atoms with Crippen LogP contribution in [0, 0.1) is 5.41 Å². The smallest absolute Gasteiger partial charge is 0.336 e. The van der Waals surface area contributed by atoms with Gasteiger partial charge in [-0.1, -0.05) is 42.5 Å². The highest BCUT2D eigenvalue weighted by atomic mass is 16.7. The maximum atomic E-state index is 13.2. The third kappa shape index (κ3) is 4.46. The Kier molecular flexibility index (Phi) is 7.03. The van der Waals surface area contributed by atoms with Gasteiger partial charge in [-0.25, -0.2) is 4.79 Å². The molecule has 0 spiro atoms. The van der Waals surface area contributed by atoms with Crippen molar-refractivity contribution in [1.29, 1.82) is 0 Å². The van der Waals surface area contributed by atoms with Crippen molar-refractivity contribution in [2.45, 2.75) is 38.8 Å². The highest BCUT2D eigenvalue weighted by Gasteiger charge is 2.57. The van der Waals surface area contributed by atoms with Gasteiger partial charge in [-0.3, -0.25) is 4.79 Å². The van der Waals surface area contributed by atoms with E-state index >= 15 is 0 Å². The number of hydrogen-bond donors (Lipinski definition) is 2. The van der Waals surface area contributed by atoms with E-state index in [4.69, 9.17) is 14.2 Å². The van der Waals surface area contributed by atoms with Crippen molar-refractivity contribution in [2.24, 2.45) is 5.41 Å². The predicted molar refractivity (Wildman–Crippen MR) is 130 cm³/mol. The molecule has 0 aromatic heterocycles. The van der Waals surface area contributed by atoms with Crippen LogP contribution in [-0.4, -0.2) is 55.5 Å². The zero-order valence-corrected chi connectivity index (χ0v) is 20.5. The number of fused-ring (bicyclic) bond motifs is 1. The molecule has 0 bridgehead atoms. The van der Waals surface area contributed by atoms with Crippen molar-refractivity contribution in [1.82, 2.24) is 10.2 Å². The number of benzene rings is 2. The van der Waals surface area contributed by atoms with Crippen LogP contribution < -0.4 is 14.8 Å². The molecular formula is C27H32N2O6. The molecule has 186 valence electrons. The first-order valence-corrected chi connectivity index (χ1v) is 11.7. The minimum absolute atomic E-state index is 0.0447. The topological polar surface area (TPSA) is 97.3 Å². The van der Waals surface area contributed by atoms with Crippen molar-refractivity contribution in [3.63, 3.8) is 0 Å². The SMILES string of the molecule is COC(=O)C1=C(C)NC(C)C(CCN(C)Cc2ccccc2)(C(=O)O)C1c1cccc2c1OCO2. The third-order valence-corrected chi connectivity index (χ3v) is 7.16. The Bertz CT molecular complexity index is 1130. The van der Waals surface area contributed by atoms with E-state index in [9.17, 15) is 14.7 Å². The van der Waals surface area contributed by atoms with Crippen LogP contribution in [-0.2, 0) is 20.9 Å². The number of esters is 1. The lowest BCUT2D eigenvalue weighted by atomic mass is 9.60. The molecule has 2 aliphatic rings. The fourth-order valence-electron chi connectivity index (χ4n) is 5.38. The highest BCUT2D eigenvalue weighted by Crippen LogP contribution is 2.54. The third-order valence-electron chi connectivity index (χ3n) is 7.16. The van der Waals surface area contributed by atoms with Gasteiger partial charge in [0, 0.05) is 29.8 Å². The number of carboxylic acids is 1. The van der Waals surface area contributed by atoms with Gasteiger partial charge < -0.3 is 29.5 Å². The zero-order chi connectivity index (χ0) is 25.2. The van der Waals surface area contributed by atoms with Gasteiger partial charge in [-0.05, 0) is 45.5 Å². The Balaban J connectivity index is 1.79. The average molecular weight is 481 g/mol. The molecule has 2 N–H and O–H groups in total. The molecule has 8 heteroatoms. The van der Waals surface area contributed by atoms with Crippen LogP contribution in [0.1, 0.15) is 37.3 Å². The Morgan fingerprint density at radius 1 is 1.17 bits per heavy atom. The second kappa shape index (κ2) is 10.00. The Labute approximate surface area is 205 Å². The second-order valence-corrected chi connectivity index (χ2v) is 9.23. The van der Waals surface area contributed by atoms with Crippen LogP contribution in [0.25, 0.3) is 0 Å². The first-order valence-electron chi connectivity index (χ1n) is 11.7. The number of nitrogens with zero attached hydrogens (tertiary/aromatic N) is 1. The number of rotatable bonds is 8. The molecule has 35 heavy (non-hydrogen) atoms.